The van der Waals surface area contributed by atoms with Gasteiger partial charge in [-0.2, -0.15) is 5.26 Å². The molecule has 0 fully saturated rings. The number of rotatable bonds is 4. The molecule has 98 valence electrons. The van der Waals surface area contributed by atoms with Gasteiger partial charge >= 0.3 is 0 Å². The van der Waals surface area contributed by atoms with Crippen LogP contribution in [0.4, 0.5) is 0 Å². The SMILES string of the molecule is CCCCc1c(C#N)nnn1-c1ccc(C)c(C)c1. The van der Waals surface area contributed by atoms with E-state index >= 15 is 0 Å². The number of aromatic nitrogens is 3. The number of unbranched alkanes of at least 4 members (excludes halogenated alkanes) is 1. The molecule has 0 aliphatic heterocycles. The minimum absolute atomic E-state index is 0.437. The van der Waals surface area contributed by atoms with Gasteiger partial charge in [-0.05, 0) is 49.9 Å². The quantitative estimate of drug-likeness (QED) is 0.842. The van der Waals surface area contributed by atoms with Crippen molar-refractivity contribution >= 4 is 0 Å². The zero-order valence-corrected chi connectivity index (χ0v) is 11.6. The number of aryl methyl sites for hydroxylation is 2. The molecule has 0 spiro atoms. The van der Waals surface area contributed by atoms with E-state index in [1.807, 2.05) is 6.07 Å². The second-order valence-corrected chi connectivity index (χ2v) is 4.78. The van der Waals surface area contributed by atoms with Crippen molar-refractivity contribution in [2.45, 2.75) is 40.0 Å². The van der Waals surface area contributed by atoms with Crippen molar-refractivity contribution < 1.29 is 0 Å². The van der Waals surface area contributed by atoms with E-state index in [0.717, 1.165) is 30.6 Å². The summed E-state index contributed by atoms with van der Waals surface area (Å²) in [6.07, 6.45) is 2.95. The van der Waals surface area contributed by atoms with Crippen LogP contribution < -0.4 is 0 Å². The molecule has 0 aliphatic carbocycles. The molecule has 0 radical (unpaired) electrons. The van der Waals surface area contributed by atoms with Gasteiger partial charge in [0.05, 0.1) is 11.4 Å². The van der Waals surface area contributed by atoms with Crippen LogP contribution in [0.2, 0.25) is 0 Å². The largest absolute Gasteiger partial charge is 0.216 e. The highest BCUT2D eigenvalue weighted by Gasteiger charge is 2.13. The van der Waals surface area contributed by atoms with E-state index in [1.165, 1.54) is 11.1 Å². The molecule has 2 rings (SSSR count). The fraction of sp³-hybridized carbons (Fsp3) is 0.400. The third kappa shape index (κ3) is 2.65. The maximum absolute atomic E-state index is 9.11. The highest BCUT2D eigenvalue weighted by atomic mass is 15.4. The van der Waals surface area contributed by atoms with Crippen LogP contribution in [0, 0.1) is 25.2 Å². The van der Waals surface area contributed by atoms with Gasteiger partial charge in [0.1, 0.15) is 6.07 Å². The molecule has 1 aromatic heterocycles. The summed E-state index contributed by atoms with van der Waals surface area (Å²) in [5.41, 5.74) is 4.79. The summed E-state index contributed by atoms with van der Waals surface area (Å²) >= 11 is 0. The van der Waals surface area contributed by atoms with Crippen LogP contribution in [0.25, 0.3) is 5.69 Å². The number of nitrogens with zero attached hydrogens (tertiary/aromatic N) is 4. The van der Waals surface area contributed by atoms with Crippen molar-refractivity contribution in [3.8, 4) is 11.8 Å². The summed E-state index contributed by atoms with van der Waals surface area (Å²) in [6, 6.07) is 8.30. The third-order valence-electron chi connectivity index (χ3n) is 3.37. The maximum atomic E-state index is 9.11. The Labute approximate surface area is 113 Å². The van der Waals surface area contributed by atoms with Crippen LogP contribution in [0.1, 0.15) is 42.3 Å². The third-order valence-corrected chi connectivity index (χ3v) is 3.37. The van der Waals surface area contributed by atoms with Gasteiger partial charge in [-0.25, -0.2) is 4.68 Å². The molecule has 1 aromatic carbocycles. The molecule has 1 heterocycles. The van der Waals surface area contributed by atoms with E-state index in [1.54, 1.807) is 4.68 Å². The summed E-state index contributed by atoms with van der Waals surface area (Å²) in [6.45, 7) is 6.29. The van der Waals surface area contributed by atoms with E-state index < -0.39 is 0 Å². The van der Waals surface area contributed by atoms with Gasteiger partial charge in [-0.15, -0.1) is 5.10 Å². The summed E-state index contributed by atoms with van der Waals surface area (Å²) in [4.78, 5) is 0. The Morgan fingerprint density at radius 1 is 1.26 bits per heavy atom. The van der Waals surface area contributed by atoms with Gasteiger partial charge in [0, 0.05) is 0 Å². The highest BCUT2D eigenvalue weighted by Crippen LogP contribution is 2.18. The molecule has 0 bridgehead atoms. The predicted molar refractivity (Wildman–Crippen MR) is 74.2 cm³/mol. The molecule has 0 saturated carbocycles. The normalized spacial score (nSPS) is 10.4. The lowest BCUT2D eigenvalue weighted by Crippen LogP contribution is -2.04. The first-order valence-corrected chi connectivity index (χ1v) is 6.59. The minimum atomic E-state index is 0.437. The molecule has 0 aliphatic rings. The molecule has 2 aromatic rings. The average molecular weight is 254 g/mol. The van der Waals surface area contributed by atoms with Crippen LogP contribution in [0.15, 0.2) is 18.2 Å². The van der Waals surface area contributed by atoms with Crippen molar-refractivity contribution in [2.24, 2.45) is 0 Å². The molecule has 0 unspecified atom stereocenters. The Morgan fingerprint density at radius 3 is 2.68 bits per heavy atom. The van der Waals surface area contributed by atoms with Crippen LogP contribution in [0.3, 0.4) is 0 Å². The maximum Gasteiger partial charge on any atom is 0.186 e. The predicted octanol–water partition coefficient (Wildman–Crippen LogP) is 3.10. The molecular weight excluding hydrogens is 236 g/mol. The summed E-state index contributed by atoms with van der Waals surface area (Å²) in [5, 5.41) is 17.2. The first-order valence-electron chi connectivity index (χ1n) is 6.59. The summed E-state index contributed by atoms with van der Waals surface area (Å²) in [5.74, 6) is 0. The molecule has 19 heavy (non-hydrogen) atoms. The fourth-order valence-corrected chi connectivity index (χ4v) is 2.02. The number of hydrogen-bond donors (Lipinski definition) is 0. The Kier molecular flexibility index (Phi) is 3.96. The number of nitriles is 1. The zero-order valence-electron chi connectivity index (χ0n) is 11.6. The Hall–Kier alpha value is -2.15. The second-order valence-electron chi connectivity index (χ2n) is 4.78. The molecule has 4 nitrogen and oxygen atoms in total. The van der Waals surface area contributed by atoms with Gasteiger partial charge in [-0.1, -0.05) is 24.6 Å². The molecule has 0 atom stereocenters. The molecular formula is C15H18N4. The first-order chi connectivity index (χ1) is 9.17. The molecule has 0 saturated heterocycles. The Bertz CT molecular complexity index is 620. The van der Waals surface area contributed by atoms with Gasteiger partial charge in [-0.3, -0.25) is 0 Å². The highest BCUT2D eigenvalue weighted by molar-refractivity contribution is 5.41. The van der Waals surface area contributed by atoms with E-state index in [-0.39, 0.29) is 0 Å². The monoisotopic (exact) mass is 254 g/mol. The van der Waals surface area contributed by atoms with Gasteiger partial charge < -0.3 is 0 Å². The summed E-state index contributed by atoms with van der Waals surface area (Å²) < 4.78 is 1.79. The Balaban J connectivity index is 2.46. The zero-order chi connectivity index (χ0) is 13.8. The van der Waals surface area contributed by atoms with Crippen molar-refractivity contribution in [1.29, 1.82) is 5.26 Å². The standard InChI is InChI=1S/C15H18N4/c1-4-5-6-15-14(10-16)17-18-19(15)13-8-7-11(2)12(3)9-13/h7-9H,4-6H2,1-3H3. The number of hydrogen-bond acceptors (Lipinski definition) is 3. The van der Waals surface area contributed by atoms with E-state index in [9.17, 15) is 0 Å². The van der Waals surface area contributed by atoms with Crippen molar-refractivity contribution in [2.75, 3.05) is 0 Å². The van der Waals surface area contributed by atoms with E-state index in [0.29, 0.717) is 5.69 Å². The second kappa shape index (κ2) is 5.66. The van der Waals surface area contributed by atoms with Gasteiger partial charge in [0.15, 0.2) is 5.69 Å². The van der Waals surface area contributed by atoms with Crippen LogP contribution >= 0.6 is 0 Å². The average Bonchev–Trinajstić information content (AvgIpc) is 2.82. The molecule has 4 heteroatoms. The van der Waals surface area contributed by atoms with Crippen molar-refractivity contribution in [3.05, 3.63) is 40.7 Å². The minimum Gasteiger partial charge on any atom is -0.216 e. The smallest absolute Gasteiger partial charge is 0.186 e. The van der Waals surface area contributed by atoms with Crippen LogP contribution in [-0.2, 0) is 6.42 Å². The van der Waals surface area contributed by atoms with E-state index in [4.69, 9.17) is 5.26 Å². The van der Waals surface area contributed by atoms with Crippen molar-refractivity contribution in [3.63, 3.8) is 0 Å². The number of benzene rings is 1. The lowest BCUT2D eigenvalue weighted by Gasteiger charge is -2.08. The van der Waals surface area contributed by atoms with E-state index in [2.05, 4.69) is 49.3 Å². The topological polar surface area (TPSA) is 54.5 Å². The van der Waals surface area contributed by atoms with Gasteiger partial charge in [0.25, 0.3) is 0 Å². The fourth-order valence-electron chi connectivity index (χ4n) is 2.02. The van der Waals surface area contributed by atoms with Crippen LogP contribution in [-0.4, -0.2) is 15.0 Å². The first kappa shape index (κ1) is 13.3. The summed E-state index contributed by atoms with van der Waals surface area (Å²) in [7, 11) is 0. The molecule has 0 amide bonds. The van der Waals surface area contributed by atoms with Crippen molar-refractivity contribution in [1.82, 2.24) is 15.0 Å². The lowest BCUT2D eigenvalue weighted by molar-refractivity contribution is 0.715. The van der Waals surface area contributed by atoms with Crippen LogP contribution in [0.5, 0.6) is 0 Å². The molecule has 0 N–H and O–H groups in total. The van der Waals surface area contributed by atoms with Gasteiger partial charge in [0.2, 0.25) is 0 Å². The Morgan fingerprint density at radius 2 is 2.05 bits per heavy atom. The lowest BCUT2D eigenvalue weighted by atomic mass is 10.1.